The van der Waals surface area contributed by atoms with E-state index in [1.165, 1.54) is 29.1 Å². The highest BCUT2D eigenvalue weighted by Crippen LogP contribution is 2.27. The number of carbonyl (C=O) groups is 2. The smallest absolute Gasteiger partial charge is 0.332 e. The minimum absolute atomic E-state index is 0.0312. The van der Waals surface area contributed by atoms with Gasteiger partial charge in [-0.3, -0.25) is 18.7 Å². The fourth-order valence-corrected chi connectivity index (χ4v) is 5.29. The van der Waals surface area contributed by atoms with Gasteiger partial charge in [-0.1, -0.05) is 19.3 Å². The summed E-state index contributed by atoms with van der Waals surface area (Å²) in [5.74, 6) is -1.62. The molecule has 1 aliphatic carbocycles. The Bertz CT molecular complexity index is 1250. The lowest BCUT2D eigenvalue weighted by Gasteiger charge is -2.25. The van der Waals surface area contributed by atoms with Crippen LogP contribution in [-0.4, -0.2) is 51.6 Å². The molecule has 1 N–H and O–H groups in total. The van der Waals surface area contributed by atoms with Crippen LogP contribution in [0.1, 0.15) is 64.8 Å². The first-order valence-electron chi connectivity index (χ1n) is 12.3. The molecule has 1 aliphatic heterocycles. The van der Waals surface area contributed by atoms with E-state index in [1.54, 1.807) is 13.8 Å². The third kappa shape index (κ3) is 4.83. The number of nitrogens with one attached hydrogen (secondary N) is 1. The highest BCUT2D eigenvalue weighted by Gasteiger charge is 2.35. The fraction of sp³-hybridized carbons (Fsp3) is 0.600. The van der Waals surface area contributed by atoms with Crippen LogP contribution < -0.4 is 16.6 Å². The van der Waals surface area contributed by atoms with Crippen molar-refractivity contribution in [3.63, 3.8) is 0 Å². The molecule has 10 heteroatoms. The number of ether oxygens (including phenoxy) is 1. The molecule has 1 aromatic carbocycles. The zero-order valence-corrected chi connectivity index (χ0v) is 20.5. The summed E-state index contributed by atoms with van der Waals surface area (Å²) in [4.78, 5) is 53.1. The van der Waals surface area contributed by atoms with Crippen molar-refractivity contribution in [2.75, 3.05) is 19.0 Å². The van der Waals surface area contributed by atoms with Crippen LogP contribution in [0.5, 0.6) is 0 Å². The van der Waals surface area contributed by atoms with Crippen molar-refractivity contribution in [3.05, 3.63) is 38.8 Å². The van der Waals surface area contributed by atoms with Gasteiger partial charge in [0.25, 0.3) is 5.56 Å². The maximum atomic E-state index is 15.1. The predicted molar refractivity (Wildman–Crippen MR) is 130 cm³/mol. The van der Waals surface area contributed by atoms with Crippen molar-refractivity contribution in [2.45, 2.75) is 83.5 Å². The van der Waals surface area contributed by atoms with Gasteiger partial charge >= 0.3 is 11.7 Å². The second-order valence-corrected chi connectivity index (χ2v) is 9.73. The Hall–Kier alpha value is -3.17. The number of halogens is 1. The monoisotopic (exact) mass is 488 g/mol. The normalized spacial score (nSPS) is 18.9. The first kappa shape index (κ1) is 24.9. The first-order valence-corrected chi connectivity index (χ1v) is 12.3. The Morgan fingerprint density at radius 1 is 1.11 bits per heavy atom. The van der Waals surface area contributed by atoms with Crippen LogP contribution in [0.15, 0.2) is 21.7 Å². The van der Waals surface area contributed by atoms with E-state index in [0.29, 0.717) is 24.9 Å². The van der Waals surface area contributed by atoms with Crippen molar-refractivity contribution >= 4 is 28.5 Å². The van der Waals surface area contributed by atoms with Crippen LogP contribution in [0.4, 0.5) is 10.1 Å². The average molecular weight is 489 g/mol. The first-order chi connectivity index (χ1) is 16.7. The van der Waals surface area contributed by atoms with Gasteiger partial charge < -0.3 is 15.0 Å². The van der Waals surface area contributed by atoms with E-state index < -0.39 is 41.5 Å². The Morgan fingerprint density at radius 3 is 2.49 bits per heavy atom. The number of hydrogen-bond acceptors (Lipinski definition) is 6. The lowest BCUT2D eigenvalue weighted by molar-refractivity contribution is -0.151. The number of benzene rings is 1. The summed E-state index contributed by atoms with van der Waals surface area (Å²) >= 11 is 0. The van der Waals surface area contributed by atoms with Gasteiger partial charge in [-0.25, -0.2) is 14.0 Å². The molecule has 1 aromatic heterocycles. The third-order valence-corrected chi connectivity index (χ3v) is 7.08. The van der Waals surface area contributed by atoms with Gasteiger partial charge in [0.2, 0.25) is 5.91 Å². The minimum Gasteiger partial charge on any atom is -0.467 e. The predicted octanol–water partition coefficient (Wildman–Crippen LogP) is 2.79. The number of likely N-dealkylation sites (tertiary alicyclic amines) is 1. The zero-order valence-electron chi connectivity index (χ0n) is 20.5. The van der Waals surface area contributed by atoms with Gasteiger partial charge in [0.05, 0.1) is 23.7 Å². The maximum absolute atomic E-state index is 15.1. The van der Waals surface area contributed by atoms with E-state index in [0.717, 1.165) is 36.3 Å². The van der Waals surface area contributed by atoms with Gasteiger partial charge in [0.15, 0.2) is 0 Å². The van der Waals surface area contributed by atoms with Crippen LogP contribution in [0.2, 0.25) is 0 Å². The van der Waals surface area contributed by atoms with Crippen LogP contribution in [0.3, 0.4) is 0 Å². The Labute approximate surface area is 202 Å². The van der Waals surface area contributed by atoms with E-state index in [1.807, 2.05) is 0 Å². The second-order valence-electron chi connectivity index (χ2n) is 9.73. The summed E-state index contributed by atoms with van der Waals surface area (Å²) in [6.07, 6.45) is 6.30. The molecule has 1 saturated heterocycles. The number of fused-ring (bicyclic) bond motifs is 1. The molecule has 2 aromatic rings. The van der Waals surface area contributed by atoms with Crippen molar-refractivity contribution < 1.29 is 18.7 Å². The average Bonchev–Trinajstić information content (AvgIpc) is 3.33. The SMILES string of the molecule is COC(=O)C1CCCN1C(=O)Cn1c(=O)c2cc(F)c(NC3CCCCC3)cc2n(C(C)C)c1=O. The molecule has 1 atom stereocenters. The standard InChI is InChI=1S/C25H33FN4O5/c1-15(2)30-21-13-19(27-16-8-5-4-6-9-16)18(26)12-17(21)23(32)29(25(30)34)14-22(31)28-11-7-10-20(28)24(33)35-3/h12-13,15-16,20,27H,4-11,14H2,1-3H3. The molecule has 190 valence electrons. The van der Waals surface area contributed by atoms with Crippen LogP contribution in [0, 0.1) is 5.82 Å². The molecule has 9 nitrogen and oxygen atoms in total. The maximum Gasteiger partial charge on any atom is 0.332 e. The van der Waals surface area contributed by atoms with E-state index in [-0.39, 0.29) is 23.2 Å². The van der Waals surface area contributed by atoms with Crippen molar-refractivity contribution in [1.29, 1.82) is 0 Å². The Kier molecular flexibility index (Phi) is 7.28. The quantitative estimate of drug-likeness (QED) is 0.628. The lowest BCUT2D eigenvalue weighted by Crippen LogP contribution is -2.48. The molecule has 4 rings (SSSR count). The number of nitrogens with zero attached hydrogens (tertiary/aromatic N) is 3. The number of rotatable bonds is 6. The van der Waals surface area contributed by atoms with E-state index >= 15 is 4.39 Å². The zero-order chi connectivity index (χ0) is 25.3. The molecule has 2 aliphatic rings. The number of anilines is 1. The summed E-state index contributed by atoms with van der Waals surface area (Å²) in [6, 6.07) is 1.75. The second kappa shape index (κ2) is 10.2. The summed E-state index contributed by atoms with van der Waals surface area (Å²) < 4.78 is 22.1. The van der Waals surface area contributed by atoms with Gasteiger partial charge in [-0.05, 0) is 51.7 Å². The Balaban J connectivity index is 1.74. The topological polar surface area (TPSA) is 103 Å². The third-order valence-electron chi connectivity index (χ3n) is 7.08. The minimum atomic E-state index is -0.734. The molecule has 0 radical (unpaired) electrons. The molecule has 1 unspecified atom stereocenters. The number of aromatic nitrogens is 2. The number of hydrogen-bond donors (Lipinski definition) is 1. The fourth-order valence-electron chi connectivity index (χ4n) is 5.29. The Morgan fingerprint density at radius 2 is 1.83 bits per heavy atom. The van der Waals surface area contributed by atoms with Crippen molar-refractivity contribution in [3.8, 4) is 0 Å². The molecule has 1 saturated carbocycles. The highest BCUT2D eigenvalue weighted by atomic mass is 19.1. The summed E-state index contributed by atoms with van der Waals surface area (Å²) in [5.41, 5.74) is -0.779. The molecule has 35 heavy (non-hydrogen) atoms. The lowest BCUT2D eigenvalue weighted by atomic mass is 9.95. The number of carbonyl (C=O) groups excluding carboxylic acids is 2. The number of amides is 1. The van der Waals surface area contributed by atoms with E-state index in [9.17, 15) is 19.2 Å². The molecule has 1 amide bonds. The summed E-state index contributed by atoms with van der Waals surface area (Å²) in [7, 11) is 1.25. The number of esters is 1. The van der Waals surface area contributed by atoms with Gasteiger partial charge in [-0.2, -0.15) is 0 Å². The van der Waals surface area contributed by atoms with Crippen molar-refractivity contribution in [2.24, 2.45) is 0 Å². The van der Waals surface area contributed by atoms with E-state index in [2.05, 4.69) is 5.32 Å². The highest BCUT2D eigenvalue weighted by molar-refractivity contribution is 5.86. The van der Waals surface area contributed by atoms with Gasteiger partial charge in [-0.15, -0.1) is 0 Å². The number of methoxy groups -OCH3 is 1. The molecule has 0 bridgehead atoms. The largest absolute Gasteiger partial charge is 0.467 e. The van der Waals surface area contributed by atoms with Crippen LogP contribution in [-0.2, 0) is 20.9 Å². The van der Waals surface area contributed by atoms with Crippen LogP contribution >= 0.6 is 0 Å². The van der Waals surface area contributed by atoms with Gasteiger partial charge in [0, 0.05) is 18.6 Å². The summed E-state index contributed by atoms with van der Waals surface area (Å²) in [5, 5.41) is 3.28. The van der Waals surface area contributed by atoms with Gasteiger partial charge in [0.1, 0.15) is 18.4 Å². The van der Waals surface area contributed by atoms with Crippen molar-refractivity contribution in [1.82, 2.24) is 14.0 Å². The molecular formula is C25H33FN4O5. The molecular weight excluding hydrogens is 455 g/mol. The van der Waals surface area contributed by atoms with E-state index in [4.69, 9.17) is 4.74 Å². The molecule has 2 heterocycles. The van der Waals surface area contributed by atoms with Crippen LogP contribution in [0.25, 0.3) is 10.9 Å². The molecule has 2 fully saturated rings. The summed E-state index contributed by atoms with van der Waals surface area (Å²) in [6.45, 7) is 3.40. The molecule has 0 spiro atoms.